The Kier molecular flexibility index (Phi) is 8.08. The van der Waals surface area contributed by atoms with E-state index in [9.17, 15) is 0 Å². The molecule has 0 aliphatic carbocycles. The molecule has 0 unspecified atom stereocenters. The molecule has 0 N–H and O–H groups in total. The highest BCUT2D eigenvalue weighted by atomic mass is 32.1. The van der Waals surface area contributed by atoms with Crippen molar-refractivity contribution in [3.8, 4) is 11.1 Å². The first kappa shape index (κ1) is 35.3. The van der Waals surface area contributed by atoms with Gasteiger partial charge >= 0.3 is 0 Å². The molecule has 0 bridgehead atoms. The largest absolute Gasteiger partial charge is 0.311 e. The van der Waals surface area contributed by atoms with Gasteiger partial charge in [-0.1, -0.05) is 136 Å². The van der Waals surface area contributed by atoms with Gasteiger partial charge in [-0.15, -0.1) is 11.3 Å². The molecule has 10 aromatic rings. The van der Waals surface area contributed by atoms with Crippen LogP contribution in [0.15, 0.2) is 170 Å². The molecule has 0 saturated heterocycles. The maximum atomic E-state index is 2.58. The SMILES string of the molecule is CCc1ccc(N2c3cccc4c3B(c3cc(CC)ccc3N4c3ccc(-c4cccc5c6ccccc6c6ccccc6c45)cc3)c3sc4ccc(CC)cc4c32)cc1. The van der Waals surface area contributed by atoms with Gasteiger partial charge in [0.2, 0.25) is 0 Å². The summed E-state index contributed by atoms with van der Waals surface area (Å²) in [5.74, 6) is 0. The lowest BCUT2D eigenvalue weighted by atomic mass is 9.36. The predicted octanol–water partition coefficient (Wildman–Crippen LogP) is 13.8. The average molecular weight is 787 g/mol. The molecular weight excluding hydrogens is 744 g/mol. The van der Waals surface area contributed by atoms with Crippen molar-refractivity contribution >= 4 is 110 Å². The van der Waals surface area contributed by atoms with Gasteiger partial charge in [-0.2, -0.15) is 0 Å². The molecule has 0 fully saturated rings. The molecule has 60 heavy (non-hydrogen) atoms. The summed E-state index contributed by atoms with van der Waals surface area (Å²) in [7, 11) is 0. The first-order chi connectivity index (χ1) is 29.6. The van der Waals surface area contributed by atoms with Crippen LogP contribution in [0.5, 0.6) is 0 Å². The second-order valence-electron chi connectivity index (χ2n) is 16.4. The molecule has 4 heteroatoms. The van der Waals surface area contributed by atoms with E-state index in [0.717, 1.165) is 19.3 Å². The number of benzene rings is 9. The summed E-state index contributed by atoms with van der Waals surface area (Å²) in [4.78, 5) is 5.11. The summed E-state index contributed by atoms with van der Waals surface area (Å²) >= 11 is 1.98. The Bertz CT molecular complexity index is 3300. The van der Waals surface area contributed by atoms with Gasteiger partial charge in [0.25, 0.3) is 6.71 Å². The molecule has 2 nitrogen and oxygen atoms in total. The summed E-state index contributed by atoms with van der Waals surface area (Å²) in [6.45, 7) is 6.90. The predicted molar refractivity (Wildman–Crippen MR) is 262 cm³/mol. The molecule has 0 amide bonds. The molecule has 0 radical (unpaired) electrons. The monoisotopic (exact) mass is 786 g/mol. The number of thiophene rings is 1. The summed E-state index contributed by atoms with van der Waals surface area (Å²) in [5, 5.41) is 9.16. The van der Waals surface area contributed by atoms with E-state index in [1.165, 1.54) is 120 Å². The van der Waals surface area contributed by atoms with Crippen LogP contribution in [0.25, 0.3) is 53.5 Å². The number of fused-ring (bicyclic) bond motifs is 12. The second kappa shape index (κ2) is 13.7. The Balaban J connectivity index is 1.07. The van der Waals surface area contributed by atoms with E-state index in [2.05, 4.69) is 200 Å². The fraction of sp³-hybridized carbons (Fsp3) is 0.107. The summed E-state index contributed by atoms with van der Waals surface area (Å²) in [5.41, 5.74) is 16.8. The molecule has 1 aromatic heterocycles. The number of nitrogens with zero attached hydrogens (tertiary/aromatic N) is 2. The Labute approximate surface area is 356 Å². The average Bonchev–Trinajstić information content (AvgIpc) is 3.69. The molecule has 0 saturated carbocycles. The quantitative estimate of drug-likeness (QED) is 0.122. The van der Waals surface area contributed by atoms with E-state index in [4.69, 9.17) is 0 Å². The molecule has 2 aliphatic rings. The normalized spacial score (nSPS) is 13.0. The van der Waals surface area contributed by atoms with E-state index >= 15 is 0 Å². The van der Waals surface area contributed by atoms with Gasteiger partial charge in [-0.25, -0.2) is 0 Å². The van der Waals surface area contributed by atoms with Crippen LogP contribution < -0.4 is 25.5 Å². The molecule has 286 valence electrons. The highest BCUT2D eigenvalue weighted by molar-refractivity contribution is 7.33. The first-order valence-electron chi connectivity index (χ1n) is 21.6. The Morgan fingerprint density at radius 1 is 0.450 bits per heavy atom. The summed E-state index contributed by atoms with van der Waals surface area (Å²) in [6.07, 6.45) is 3.03. The second-order valence-corrected chi connectivity index (χ2v) is 17.5. The van der Waals surface area contributed by atoms with Gasteiger partial charge in [0.05, 0.1) is 5.69 Å². The van der Waals surface area contributed by atoms with Crippen LogP contribution in [-0.4, -0.2) is 6.71 Å². The van der Waals surface area contributed by atoms with Crippen LogP contribution in [0.3, 0.4) is 0 Å². The number of aryl methyl sites for hydroxylation is 3. The van der Waals surface area contributed by atoms with Gasteiger partial charge in [0.15, 0.2) is 0 Å². The molecule has 0 spiro atoms. The Morgan fingerprint density at radius 2 is 1.00 bits per heavy atom. The standard InChI is InChI=1S/C56H43BN2S/c1-4-35-21-27-40(28-22-35)59-51-20-12-19-50-54(51)57(56-55(59)47-33-36(5-2)24-32-52(47)60-56)48-34-37(6-3)23-31-49(48)58(50)39-29-25-38(26-30-39)41-17-11-18-46-44-14-8-7-13-42(44)43-15-9-10-16-45(43)53(41)46/h7-34H,4-6H2,1-3H3. The molecule has 3 heterocycles. The smallest absolute Gasteiger partial charge is 0.264 e. The van der Waals surface area contributed by atoms with Crippen molar-refractivity contribution in [1.82, 2.24) is 0 Å². The van der Waals surface area contributed by atoms with Crippen LogP contribution in [0.2, 0.25) is 0 Å². The minimum Gasteiger partial charge on any atom is -0.311 e. The van der Waals surface area contributed by atoms with Crippen LogP contribution >= 0.6 is 11.3 Å². The van der Waals surface area contributed by atoms with E-state index in [0.29, 0.717) is 0 Å². The van der Waals surface area contributed by atoms with Crippen molar-refractivity contribution in [3.63, 3.8) is 0 Å². The van der Waals surface area contributed by atoms with Gasteiger partial charge in [-0.05, 0) is 145 Å². The maximum absolute atomic E-state index is 2.58. The highest BCUT2D eigenvalue weighted by Crippen LogP contribution is 2.48. The third-order valence-electron chi connectivity index (χ3n) is 13.3. The minimum atomic E-state index is 0.121. The molecule has 12 rings (SSSR count). The van der Waals surface area contributed by atoms with E-state index in [-0.39, 0.29) is 6.71 Å². The molecule has 9 aromatic carbocycles. The van der Waals surface area contributed by atoms with E-state index < -0.39 is 0 Å². The van der Waals surface area contributed by atoms with Crippen molar-refractivity contribution < 1.29 is 0 Å². The van der Waals surface area contributed by atoms with Crippen LogP contribution in [0.1, 0.15) is 37.5 Å². The van der Waals surface area contributed by atoms with E-state index in [1.807, 2.05) is 11.3 Å². The first-order valence-corrected chi connectivity index (χ1v) is 22.4. The Morgan fingerprint density at radius 3 is 1.70 bits per heavy atom. The number of hydrogen-bond donors (Lipinski definition) is 0. The fourth-order valence-corrected chi connectivity index (χ4v) is 11.7. The third-order valence-corrected chi connectivity index (χ3v) is 14.6. The van der Waals surface area contributed by atoms with Crippen LogP contribution in [-0.2, 0) is 19.3 Å². The highest BCUT2D eigenvalue weighted by Gasteiger charge is 2.45. The van der Waals surface area contributed by atoms with Gasteiger partial charge in [0.1, 0.15) is 0 Å². The zero-order chi connectivity index (χ0) is 40.1. The summed E-state index contributed by atoms with van der Waals surface area (Å²) < 4.78 is 2.78. The van der Waals surface area contributed by atoms with Crippen molar-refractivity contribution in [2.75, 3.05) is 9.80 Å². The van der Waals surface area contributed by atoms with Crippen molar-refractivity contribution in [1.29, 1.82) is 0 Å². The zero-order valence-corrected chi connectivity index (χ0v) is 35.0. The fourth-order valence-electron chi connectivity index (χ4n) is 10.4. The lowest BCUT2D eigenvalue weighted by molar-refractivity contribution is 1.13. The van der Waals surface area contributed by atoms with Gasteiger partial charge in [-0.3, -0.25) is 0 Å². The number of rotatable bonds is 6. The van der Waals surface area contributed by atoms with Crippen molar-refractivity contribution in [3.05, 3.63) is 187 Å². The number of anilines is 6. The van der Waals surface area contributed by atoms with Gasteiger partial charge in [0, 0.05) is 43.3 Å². The number of hydrogen-bond acceptors (Lipinski definition) is 3. The lowest BCUT2D eigenvalue weighted by Crippen LogP contribution is -2.60. The molecular formula is C56H43BN2S. The topological polar surface area (TPSA) is 6.48 Å². The van der Waals surface area contributed by atoms with Crippen LogP contribution in [0.4, 0.5) is 34.1 Å². The molecule has 0 atom stereocenters. The van der Waals surface area contributed by atoms with Gasteiger partial charge < -0.3 is 9.80 Å². The lowest BCUT2D eigenvalue weighted by Gasteiger charge is -2.43. The van der Waals surface area contributed by atoms with E-state index in [1.54, 1.807) is 0 Å². The zero-order valence-electron chi connectivity index (χ0n) is 34.2. The molecule has 2 aliphatic heterocycles. The van der Waals surface area contributed by atoms with Crippen molar-refractivity contribution in [2.24, 2.45) is 0 Å². The summed E-state index contributed by atoms with van der Waals surface area (Å²) in [6, 6.07) is 64.5. The third kappa shape index (κ3) is 5.14. The van der Waals surface area contributed by atoms with Crippen molar-refractivity contribution in [2.45, 2.75) is 40.0 Å². The Hall–Kier alpha value is -6.62. The minimum absolute atomic E-state index is 0.121. The van der Waals surface area contributed by atoms with Crippen LogP contribution in [0, 0.1) is 0 Å². The maximum Gasteiger partial charge on any atom is 0.264 e.